The van der Waals surface area contributed by atoms with E-state index in [0.717, 1.165) is 11.3 Å². The third-order valence-electron chi connectivity index (χ3n) is 5.34. The van der Waals surface area contributed by atoms with Crippen LogP contribution in [0, 0.1) is 5.92 Å². The minimum absolute atomic E-state index is 0.122. The molecule has 0 saturated carbocycles. The lowest BCUT2D eigenvalue weighted by Crippen LogP contribution is -2.45. The van der Waals surface area contributed by atoms with E-state index in [1.54, 1.807) is 30.3 Å². The van der Waals surface area contributed by atoms with Crippen molar-refractivity contribution in [3.05, 3.63) is 60.2 Å². The van der Waals surface area contributed by atoms with E-state index in [-0.39, 0.29) is 23.3 Å². The van der Waals surface area contributed by atoms with Gasteiger partial charge in [-0.05, 0) is 42.5 Å². The molecule has 30 heavy (non-hydrogen) atoms. The first-order chi connectivity index (χ1) is 14.4. The van der Waals surface area contributed by atoms with Crippen molar-refractivity contribution in [3.63, 3.8) is 0 Å². The molecule has 0 radical (unpaired) electrons. The second-order valence-electron chi connectivity index (χ2n) is 7.85. The van der Waals surface area contributed by atoms with Crippen LogP contribution in [0.1, 0.15) is 38.2 Å². The Morgan fingerprint density at radius 2 is 1.83 bits per heavy atom. The minimum atomic E-state index is -3.57. The highest BCUT2D eigenvalue weighted by Crippen LogP contribution is 2.26. The summed E-state index contributed by atoms with van der Waals surface area (Å²) in [6.45, 7) is 5.63. The fourth-order valence-corrected chi connectivity index (χ4v) is 5.23. The largest absolute Gasteiger partial charge is 0.491 e. The number of carbonyl (C=O) groups excluding carboxylic acids is 1. The lowest BCUT2D eigenvalue weighted by molar-refractivity contribution is -0.126. The Morgan fingerprint density at radius 3 is 2.57 bits per heavy atom. The summed E-state index contributed by atoms with van der Waals surface area (Å²) in [5, 5.41) is 2.90. The molecular formula is C23H30N2O4S. The van der Waals surface area contributed by atoms with Crippen molar-refractivity contribution in [2.75, 3.05) is 26.2 Å². The molecule has 0 aromatic heterocycles. The number of carbonyl (C=O) groups is 1. The summed E-state index contributed by atoms with van der Waals surface area (Å²) in [6.07, 6.45) is 1.35. The molecule has 7 heteroatoms. The monoisotopic (exact) mass is 430 g/mol. The number of hydrogen-bond donors (Lipinski definition) is 1. The van der Waals surface area contributed by atoms with Crippen LogP contribution in [0.15, 0.2) is 59.5 Å². The van der Waals surface area contributed by atoms with Gasteiger partial charge in [0.25, 0.3) is 0 Å². The number of hydrogen-bond acceptors (Lipinski definition) is 4. The molecule has 1 heterocycles. The van der Waals surface area contributed by atoms with Gasteiger partial charge in [0.05, 0.1) is 17.4 Å². The highest BCUT2D eigenvalue weighted by atomic mass is 32.2. The summed E-state index contributed by atoms with van der Waals surface area (Å²) in [6, 6.07) is 16.3. The van der Waals surface area contributed by atoms with Gasteiger partial charge in [-0.1, -0.05) is 50.2 Å². The minimum Gasteiger partial charge on any atom is -0.491 e. The Balaban J connectivity index is 1.51. The normalized spacial score (nSPS) is 17.6. The molecule has 6 nitrogen and oxygen atoms in total. The maximum absolute atomic E-state index is 12.8. The number of benzene rings is 2. The molecule has 1 saturated heterocycles. The first kappa shape index (κ1) is 22.3. The molecule has 0 unspecified atom stereocenters. The molecule has 1 aliphatic heterocycles. The summed E-state index contributed by atoms with van der Waals surface area (Å²) in [5.41, 5.74) is 1.14. The summed E-state index contributed by atoms with van der Waals surface area (Å²) in [4.78, 5) is 12.9. The molecule has 2 aromatic carbocycles. The van der Waals surface area contributed by atoms with Crippen LogP contribution in [0.3, 0.4) is 0 Å². The second kappa shape index (κ2) is 10.1. The van der Waals surface area contributed by atoms with Crippen molar-refractivity contribution in [2.45, 2.75) is 37.5 Å². The van der Waals surface area contributed by atoms with Crippen molar-refractivity contribution in [2.24, 2.45) is 5.92 Å². The third-order valence-corrected chi connectivity index (χ3v) is 7.22. The Morgan fingerprint density at radius 1 is 1.13 bits per heavy atom. The van der Waals surface area contributed by atoms with E-state index in [9.17, 15) is 13.2 Å². The number of nitrogens with zero attached hydrogens (tertiary/aromatic N) is 1. The van der Waals surface area contributed by atoms with Crippen LogP contribution in [0.2, 0.25) is 0 Å². The van der Waals surface area contributed by atoms with Gasteiger partial charge in [0.2, 0.25) is 15.9 Å². The predicted molar refractivity (Wildman–Crippen MR) is 117 cm³/mol. The molecule has 2 aromatic rings. The van der Waals surface area contributed by atoms with Gasteiger partial charge in [0.15, 0.2) is 0 Å². The number of rotatable bonds is 8. The average molecular weight is 431 g/mol. The Hall–Kier alpha value is -2.38. The molecule has 1 amide bonds. The Labute approximate surface area is 179 Å². The fourth-order valence-electron chi connectivity index (χ4n) is 3.68. The highest BCUT2D eigenvalue weighted by Gasteiger charge is 2.33. The molecule has 1 atom stereocenters. The van der Waals surface area contributed by atoms with Gasteiger partial charge in [0, 0.05) is 13.1 Å². The summed E-state index contributed by atoms with van der Waals surface area (Å²) >= 11 is 0. The van der Waals surface area contributed by atoms with Crippen molar-refractivity contribution < 1.29 is 17.9 Å². The van der Waals surface area contributed by atoms with Crippen LogP contribution in [-0.2, 0) is 14.8 Å². The Kier molecular flexibility index (Phi) is 7.50. The van der Waals surface area contributed by atoms with E-state index in [4.69, 9.17) is 4.74 Å². The van der Waals surface area contributed by atoms with Crippen LogP contribution in [0.5, 0.6) is 5.75 Å². The van der Waals surface area contributed by atoms with E-state index in [1.807, 2.05) is 24.3 Å². The molecule has 1 fully saturated rings. The topological polar surface area (TPSA) is 75.7 Å². The molecule has 162 valence electrons. The Bertz CT molecular complexity index is 945. The van der Waals surface area contributed by atoms with Gasteiger partial charge in [-0.2, -0.15) is 4.31 Å². The summed E-state index contributed by atoms with van der Waals surface area (Å²) < 4.78 is 32.9. The molecule has 0 aliphatic carbocycles. The first-order valence-corrected chi connectivity index (χ1v) is 11.9. The van der Waals surface area contributed by atoms with Gasteiger partial charge >= 0.3 is 0 Å². The van der Waals surface area contributed by atoms with Gasteiger partial charge in [-0.25, -0.2) is 8.42 Å². The summed E-state index contributed by atoms with van der Waals surface area (Å²) in [5.74, 6) is 0.721. The van der Waals surface area contributed by atoms with Gasteiger partial charge in [-0.3, -0.25) is 4.79 Å². The number of piperidine rings is 1. The van der Waals surface area contributed by atoms with E-state index < -0.39 is 10.0 Å². The quantitative estimate of drug-likeness (QED) is 0.651. The van der Waals surface area contributed by atoms with Gasteiger partial charge < -0.3 is 10.1 Å². The van der Waals surface area contributed by atoms with Gasteiger partial charge in [-0.15, -0.1) is 0 Å². The fraction of sp³-hybridized carbons (Fsp3) is 0.435. The van der Waals surface area contributed by atoms with Crippen LogP contribution in [0.25, 0.3) is 0 Å². The maximum atomic E-state index is 12.8. The van der Waals surface area contributed by atoms with Crippen LogP contribution >= 0.6 is 0 Å². The number of amides is 1. The van der Waals surface area contributed by atoms with Gasteiger partial charge in [0.1, 0.15) is 12.4 Å². The zero-order valence-corrected chi connectivity index (χ0v) is 18.4. The highest BCUT2D eigenvalue weighted by molar-refractivity contribution is 7.89. The lowest BCUT2D eigenvalue weighted by atomic mass is 9.99. The maximum Gasteiger partial charge on any atom is 0.243 e. The molecule has 1 N–H and O–H groups in total. The van der Waals surface area contributed by atoms with E-state index >= 15 is 0 Å². The van der Waals surface area contributed by atoms with E-state index in [1.165, 1.54) is 4.31 Å². The van der Waals surface area contributed by atoms with E-state index in [2.05, 4.69) is 19.2 Å². The number of para-hydroxylation sites is 1. The lowest BCUT2D eigenvalue weighted by Gasteiger charge is -2.31. The second-order valence-corrected chi connectivity index (χ2v) is 9.79. The van der Waals surface area contributed by atoms with Crippen molar-refractivity contribution in [1.29, 1.82) is 0 Å². The van der Waals surface area contributed by atoms with Crippen molar-refractivity contribution in [1.82, 2.24) is 9.62 Å². The van der Waals surface area contributed by atoms with Crippen molar-refractivity contribution >= 4 is 15.9 Å². The molecule has 0 bridgehead atoms. The standard InChI is InChI=1S/C23H30N2O4S/c1-18(2)21-12-6-7-13-22(21)29-16-14-24-23(26)19-9-8-15-25(17-19)30(27,28)20-10-4-3-5-11-20/h3-7,10-13,18-19H,8-9,14-17H2,1-2H3,(H,24,26)/t19-/m1/s1. The van der Waals surface area contributed by atoms with Crippen LogP contribution in [0.4, 0.5) is 0 Å². The molecule has 3 rings (SSSR count). The number of ether oxygens (including phenoxy) is 1. The number of nitrogens with one attached hydrogen (secondary N) is 1. The molecule has 1 aliphatic rings. The summed E-state index contributed by atoms with van der Waals surface area (Å²) in [7, 11) is -3.57. The zero-order valence-electron chi connectivity index (χ0n) is 17.6. The zero-order chi connectivity index (χ0) is 21.6. The molecular weight excluding hydrogens is 400 g/mol. The van der Waals surface area contributed by atoms with Crippen molar-refractivity contribution in [3.8, 4) is 5.75 Å². The predicted octanol–water partition coefficient (Wildman–Crippen LogP) is 3.41. The molecule has 0 spiro atoms. The van der Waals surface area contributed by atoms with E-state index in [0.29, 0.717) is 38.5 Å². The third kappa shape index (κ3) is 5.40. The SMILES string of the molecule is CC(C)c1ccccc1OCCNC(=O)[C@@H]1CCCN(S(=O)(=O)c2ccccc2)C1. The smallest absolute Gasteiger partial charge is 0.243 e. The average Bonchev–Trinajstić information content (AvgIpc) is 2.77. The number of sulfonamides is 1. The first-order valence-electron chi connectivity index (χ1n) is 10.4. The van der Waals surface area contributed by atoms with Crippen LogP contribution < -0.4 is 10.1 Å². The van der Waals surface area contributed by atoms with Crippen LogP contribution in [-0.4, -0.2) is 44.9 Å².